The van der Waals surface area contributed by atoms with Gasteiger partial charge < -0.3 is 14.4 Å². The molecule has 1 aliphatic heterocycles. The number of ether oxygens (including phenoxy) is 2. The fraction of sp³-hybridized carbons (Fsp3) is 0.667. The van der Waals surface area contributed by atoms with Gasteiger partial charge in [-0.3, -0.25) is 4.79 Å². The average molecular weight is 487 g/mol. The molecule has 0 atom stereocenters. The first-order valence-electron chi connectivity index (χ1n) is 9.95. The highest BCUT2D eigenvalue weighted by Crippen LogP contribution is 2.36. The summed E-state index contributed by atoms with van der Waals surface area (Å²) in [6, 6.07) is 2.10. The monoisotopic (exact) mass is 486 g/mol. The lowest BCUT2D eigenvalue weighted by Gasteiger charge is -2.34. The molecule has 0 bridgehead atoms. The van der Waals surface area contributed by atoms with E-state index in [9.17, 15) is 9.59 Å². The lowest BCUT2D eigenvalue weighted by atomic mass is 9.90. The van der Waals surface area contributed by atoms with Crippen molar-refractivity contribution < 1.29 is 19.1 Å². The van der Waals surface area contributed by atoms with E-state index in [1.165, 1.54) is 11.8 Å². The molecule has 0 radical (unpaired) electrons. The number of pyridine rings is 1. The number of hydrogen-bond donors (Lipinski definition) is 0. The Kier molecular flexibility index (Phi) is 8.82. The number of methoxy groups -OCH3 is 1. The summed E-state index contributed by atoms with van der Waals surface area (Å²) in [5.74, 6) is 1.73. The highest BCUT2D eigenvalue weighted by Gasteiger charge is 2.29. The van der Waals surface area contributed by atoms with Gasteiger partial charge in [-0.1, -0.05) is 11.8 Å². The summed E-state index contributed by atoms with van der Waals surface area (Å²) >= 11 is 4.99. The first-order valence-corrected chi connectivity index (χ1v) is 11.7. The van der Waals surface area contributed by atoms with Crippen molar-refractivity contribution >= 4 is 38.9 Å². The highest BCUT2D eigenvalue weighted by molar-refractivity contribution is 9.10. The van der Waals surface area contributed by atoms with E-state index in [0.717, 1.165) is 47.2 Å². The number of likely N-dealkylation sites (tertiary alicyclic amines) is 1. The van der Waals surface area contributed by atoms with Crippen LogP contribution >= 0.6 is 27.7 Å². The molecular weight excluding hydrogens is 456 g/mol. The fourth-order valence-corrected chi connectivity index (χ4v) is 4.42. The third kappa shape index (κ3) is 7.48. The first kappa shape index (κ1) is 24.0. The molecule has 2 heterocycles. The van der Waals surface area contributed by atoms with Crippen LogP contribution in [-0.4, -0.2) is 52.6 Å². The van der Waals surface area contributed by atoms with Crippen LogP contribution in [0.2, 0.25) is 0 Å². The van der Waals surface area contributed by atoms with Gasteiger partial charge in [-0.2, -0.15) is 0 Å². The minimum atomic E-state index is -0.481. The Bertz CT molecular complexity index is 728. The predicted octanol–water partition coefficient (Wildman–Crippen LogP) is 5.18. The number of carbonyl (C=O) groups is 2. The van der Waals surface area contributed by atoms with Gasteiger partial charge in [0.2, 0.25) is 5.88 Å². The number of thioether (sulfide) groups is 1. The molecular formula is C21H31BrN2O4S. The molecule has 162 valence electrons. The number of aromatic nitrogens is 1. The SMILES string of the molecule is COc1nc(CCCSC(C)=O)c(Br)cc1C1CCN(C(=O)OC(C)(C)C)CC1. The van der Waals surface area contributed by atoms with E-state index < -0.39 is 5.60 Å². The minimum Gasteiger partial charge on any atom is -0.481 e. The van der Waals surface area contributed by atoms with Crippen molar-refractivity contribution in [3.05, 3.63) is 21.8 Å². The molecule has 0 N–H and O–H groups in total. The Labute approximate surface area is 186 Å². The van der Waals surface area contributed by atoms with Crippen LogP contribution in [0.25, 0.3) is 0 Å². The number of hydrogen-bond acceptors (Lipinski definition) is 6. The lowest BCUT2D eigenvalue weighted by Crippen LogP contribution is -2.41. The Morgan fingerprint density at radius 2 is 1.97 bits per heavy atom. The van der Waals surface area contributed by atoms with Crippen molar-refractivity contribution in [3.63, 3.8) is 0 Å². The number of carbonyl (C=O) groups excluding carboxylic acids is 2. The van der Waals surface area contributed by atoms with Gasteiger partial charge >= 0.3 is 6.09 Å². The zero-order chi connectivity index (χ0) is 21.6. The van der Waals surface area contributed by atoms with E-state index >= 15 is 0 Å². The van der Waals surface area contributed by atoms with Gasteiger partial charge in [0.05, 0.1) is 12.8 Å². The molecule has 2 rings (SSSR count). The van der Waals surface area contributed by atoms with Crippen molar-refractivity contribution in [2.24, 2.45) is 0 Å². The summed E-state index contributed by atoms with van der Waals surface area (Å²) in [5.41, 5.74) is 1.54. The smallest absolute Gasteiger partial charge is 0.410 e. The van der Waals surface area contributed by atoms with Crippen molar-refractivity contribution in [3.8, 4) is 5.88 Å². The van der Waals surface area contributed by atoms with E-state index in [1.807, 2.05) is 20.8 Å². The van der Waals surface area contributed by atoms with Gasteiger partial charge in [0.15, 0.2) is 5.12 Å². The van der Waals surface area contributed by atoms with E-state index in [4.69, 9.17) is 14.5 Å². The van der Waals surface area contributed by atoms with Gasteiger partial charge in [0, 0.05) is 35.8 Å². The van der Waals surface area contributed by atoms with E-state index in [0.29, 0.717) is 19.0 Å². The maximum Gasteiger partial charge on any atom is 0.410 e. The number of nitrogens with zero attached hydrogens (tertiary/aromatic N) is 2. The van der Waals surface area contributed by atoms with Crippen LogP contribution in [0.5, 0.6) is 5.88 Å². The number of aryl methyl sites for hydroxylation is 1. The molecule has 0 spiro atoms. The van der Waals surface area contributed by atoms with Gasteiger partial charge in [-0.25, -0.2) is 9.78 Å². The van der Waals surface area contributed by atoms with Gasteiger partial charge in [0.1, 0.15) is 5.60 Å². The molecule has 0 unspecified atom stereocenters. The minimum absolute atomic E-state index is 0.141. The zero-order valence-corrected chi connectivity index (χ0v) is 20.3. The summed E-state index contributed by atoms with van der Waals surface area (Å²) < 4.78 is 12.0. The molecule has 1 aliphatic rings. The Morgan fingerprint density at radius 3 is 2.52 bits per heavy atom. The second-order valence-corrected chi connectivity index (χ2v) is 10.3. The summed E-state index contributed by atoms with van der Waals surface area (Å²) in [4.78, 5) is 29.8. The van der Waals surface area contributed by atoms with Crippen LogP contribution in [0.1, 0.15) is 64.1 Å². The topological polar surface area (TPSA) is 68.7 Å². The zero-order valence-electron chi connectivity index (χ0n) is 17.9. The van der Waals surface area contributed by atoms with Crippen molar-refractivity contribution in [2.75, 3.05) is 26.0 Å². The van der Waals surface area contributed by atoms with Crippen LogP contribution in [0.4, 0.5) is 4.79 Å². The second-order valence-electron chi connectivity index (χ2n) is 8.20. The maximum absolute atomic E-state index is 12.3. The van der Waals surface area contributed by atoms with Crippen LogP contribution in [0, 0.1) is 0 Å². The number of amides is 1. The number of halogens is 1. The van der Waals surface area contributed by atoms with Gasteiger partial charge in [-0.15, -0.1) is 0 Å². The van der Waals surface area contributed by atoms with Gasteiger partial charge in [0.25, 0.3) is 0 Å². The van der Waals surface area contributed by atoms with Crippen LogP contribution in [0.3, 0.4) is 0 Å². The summed E-state index contributed by atoms with van der Waals surface area (Å²) in [5, 5.41) is 0.141. The first-order chi connectivity index (χ1) is 13.6. The molecule has 1 aromatic heterocycles. The fourth-order valence-electron chi connectivity index (χ4n) is 3.31. The Hall–Kier alpha value is -1.28. The standard InChI is InChI=1S/C21H31BrN2O4S/c1-14(25)29-12-6-7-18-17(22)13-16(19(23-18)27-5)15-8-10-24(11-9-15)20(26)28-21(2,3)4/h13,15H,6-12H2,1-5H3. The summed E-state index contributed by atoms with van der Waals surface area (Å²) in [7, 11) is 1.64. The largest absolute Gasteiger partial charge is 0.481 e. The quantitative estimate of drug-likeness (QED) is 0.515. The molecule has 0 aliphatic carbocycles. The second kappa shape index (κ2) is 10.7. The third-order valence-corrected chi connectivity index (χ3v) is 6.27. The molecule has 1 aromatic rings. The molecule has 0 aromatic carbocycles. The molecule has 1 fully saturated rings. The van der Waals surface area contributed by atoms with E-state index in [-0.39, 0.29) is 17.1 Å². The normalized spacial score (nSPS) is 15.3. The van der Waals surface area contributed by atoms with E-state index in [1.54, 1.807) is 18.9 Å². The lowest BCUT2D eigenvalue weighted by molar-refractivity contribution is -0.109. The third-order valence-electron chi connectivity index (χ3n) is 4.68. The molecule has 8 heteroatoms. The molecule has 29 heavy (non-hydrogen) atoms. The average Bonchev–Trinajstić information content (AvgIpc) is 2.64. The van der Waals surface area contributed by atoms with Crippen LogP contribution < -0.4 is 4.74 Å². The Morgan fingerprint density at radius 1 is 1.31 bits per heavy atom. The summed E-state index contributed by atoms with van der Waals surface area (Å²) in [6.45, 7) is 8.55. The maximum atomic E-state index is 12.3. The van der Waals surface area contributed by atoms with Crippen molar-refractivity contribution in [2.45, 2.75) is 64.9 Å². The molecule has 1 amide bonds. The molecule has 6 nitrogen and oxygen atoms in total. The Balaban J connectivity index is 2.01. The van der Waals surface area contributed by atoms with E-state index in [2.05, 4.69) is 22.0 Å². The number of piperidine rings is 1. The van der Waals surface area contributed by atoms with Crippen molar-refractivity contribution in [1.29, 1.82) is 0 Å². The number of rotatable bonds is 6. The van der Waals surface area contributed by atoms with Crippen LogP contribution in [0.15, 0.2) is 10.5 Å². The summed E-state index contributed by atoms with van der Waals surface area (Å²) in [6.07, 6.45) is 3.11. The van der Waals surface area contributed by atoms with Gasteiger partial charge in [-0.05, 0) is 74.4 Å². The van der Waals surface area contributed by atoms with Crippen LogP contribution in [-0.2, 0) is 16.0 Å². The predicted molar refractivity (Wildman–Crippen MR) is 120 cm³/mol. The molecule has 0 saturated carbocycles. The van der Waals surface area contributed by atoms with Crippen molar-refractivity contribution in [1.82, 2.24) is 9.88 Å². The highest BCUT2D eigenvalue weighted by atomic mass is 79.9. The molecule has 1 saturated heterocycles.